The van der Waals surface area contributed by atoms with Gasteiger partial charge in [0.15, 0.2) is 11.5 Å². The van der Waals surface area contributed by atoms with Gasteiger partial charge in [-0.3, -0.25) is 4.79 Å². The highest BCUT2D eigenvalue weighted by Crippen LogP contribution is 2.28. The van der Waals surface area contributed by atoms with Crippen molar-refractivity contribution < 1.29 is 19.4 Å². The van der Waals surface area contributed by atoms with Gasteiger partial charge in [0.05, 0.1) is 20.8 Å². The van der Waals surface area contributed by atoms with Gasteiger partial charge < -0.3 is 19.9 Å². The minimum Gasteiger partial charge on any atom is -0.504 e. The Morgan fingerprint density at radius 3 is 2.76 bits per heavy atom. The first-order valence-electron chi connectivity index (χ1n) is 5.25. The van der Waals surface area contributed by atoms with Crippen LogP contribution in [0.2, 0.25) is 0 Å². The van der Waals surface area contributed by atoms with E-state index in [0.717, 1.165) is 5.56 Å². The number of methoxy groups -OCH3 is 2. The predicted molar refractivity (Wildman–Crippen MR) is 63.1 cm³/mol. The Balaban J connectivity index is 2.68. The zero-order chi connectivity index (χ0) is 12.8. The normalized spacial score (nSPS) is 11.9. The van der Waals surface area contributed by atoms with E-state index in [1.807, 2.05) is 6.92 Å². The molecule has 1 atom stereocenters. The lowest BCUT2D eigenvalue weighted by Gasteiger charge is -2.14. The van der Waals surface area contributed by atoms with E-state index in [1.165, 1.54) is 14.2 Å². The molecule has 0 heterocycles. The number of nitrogens with one attached hydrogen (secondary N) is 1. The van der Waals surface area contributed by atoms with Gasteiger partial charge in [0.1, 0.15) is 0 Å². The summed E-state index contributed by atoms with van der Waals surface area (Å²) in [6, 6.07) is 5.02. The molecule has 0 saturated heterocycles. The van der Waals surface area contributed by atoms with Crippen molar-refractivity contribution in [3.63, 3.8) is 0 Å². The number of carbonyl (C=O) groups excluding carboxylic acids is 1. The predicted octanol–water partition coefficient (Wildman–Crippen LogP) is 1.22. The lowest BCUT2D eigenvalue weighted by Crippen LogP contribution is -2.26. The molecule has 0 spiro atoms. The van der Waals surface area contributed by atoms with Crippen molar-refractivity contribution in [3.8, 4) is 11.5 Å². The van der Waals surface area contributed by atoms with Gasteiger partial charge in [0, 0.05) is 6.04 Å². The molecular weight excluding hydrogens is 222 g/mol. The van der Waals surface area contributed by atoms with Crippen LogP contribution >= 0.6 is 0 Å². The molecule has 2 N–H and O–H groups in total. The smallest absolute Gasteiger partial charge is 0.319 e. The number of hydrogen-bond donors (Lipinski definition) is 2. The average Bonchev–Trinajstić information content (AvgIpc) is 2.35. The minimum absolute atomic E-state index is 0.0383. The number of ether oxygens (including phenoxy) is 2. The van der Waals surface area contributed by atoms with Crippen LogP contribution in [0.25, 0.3) is 0 Å². The van der Waals surface area contributed by atoms with Gasteiger partial charge in [-0.05, 0) is 24.6 Å². The molecule has 0 aromatic heterocycles. The monoisotopic (exact) mass is 239 g/mol. The van der Waals surface area contributed by atoms with E-state index in [0.29, 0.717) is 5.75 Å². The summed E-state index contributed by atoms with van der Waals surface area (Å²) in [6.45, 7) is 2.05. The number of esters is 1. The molecule has 1 aromatic carbocycles. The molecule has 0 fully saturated rings. The Bertz CT molecular complexity index is 392. The summed E-state index contributed by atoms with van der Waals surface area (Å²) in [5, 5.41) is 12.5. The summed E-state index contributed by atoms with van der Waals surface area (Å²) < 4.78 is 9.55. The van der Waals surface area contributed by atoms with Crippen molar-refractivity contribution in [2.75, 3.05) is 20.8 Å². The van der Waals surface area contributed by atoms with Crippen LogP contribution in [0.1, 0.15) is 18.5 Å². The summed E-state index contributed by atoms with van der Waals surface area (Å²) in [5.74, 6) is 0.188. The lowest BCUT2D eigenvalue weighted by molar-refractivity contribution is -0.139. The fourth-order valence-corrected chi connectivity index (χ4v) is 1.39. The molecule has 1 rings (SSSR count). The van der Waals surface area contributed by atoms with Gasteiger partial charge in [-0.2, -0.15) is 0 Å². The summed E-state index contributed by atoms with van der Waals surface area (Å²) in [6.07, 6.45) is 0. The van der Waals surface area contributed by atoms with Gasteiger partial charge >= 0.3 is 5.97 Å². The van der Waals surface area contributed by atoms with Gasteiger partial charge in [-0.15, -0.1) is 0 Å². The average molecular weight is 239 g/mol. The molecular formula is C12H17NO4. The fourth-order valence-electron chi connectivity index (χ4n) is 1.39. The summed E-state index contributed by atoms with van der Waals surface area (Å²) in [5.41, 5.74) is 0.920. The number of aromatic hydroxyl groups is 1. The van der Waals surface area contributed by atoms with Crippen molar-refractivity contribution in [1.29, 1.82) is 0 Å². The van der Waals surface area contributed by atoms with Crippen LogP contribution in [0.15, 0.2) is 18.2 Å². The number of rotatable bonds is 5. The summed E-state index contributed by atoms with van der Waals surface area (Å²) in [7, 11) is 2.84. The summed E-state index contributed by atoms with van der Waals surface area (Å²) in [4.78, 5) is 11.0. The van der Waals surface area contributed by atoms with Gasteiger partial charge in [0.2, 0.25) is 0 Å². The highest BCUT2D eigenvalue weighted by molar-refractivity contribution is 5.71. The number of hydrogen-bond acceptors (Lipinski definition) is 5. The lowest BCUT2D eigenvalue weighted by atomic mass is 10.1. The molecule has 0 aliphatic carbocycles. The van der Waals surface area contributed by atoms with Crippen LogP contribution in [0.5, 0.6) is 11.5 Å². The van der Waals surface area contributed by atoms with E-state index in [4.69, 9.17) is 4.74 Å². The molecule has 1 aromatic rings. The van der Waals surface area contributed by atoms with Gasteiger partial charge in [0.25, 0.3) is 0 Å². The number of carbonyl (C=O) groups is 1. The topological polar surface area (TPSA) is 67.8 Å². The van der Waals surface area contributed by atoms with Crippen LogP contribution in [0, 0.1) is 0 Å². The molecule has 0 bridgehead atoms. The Labute approximate surface area is 100 Å². The zero-order valence-electron chi connectivity index (χ0n) is 10.2. The van der Waals surface area contributed by atoms with Crippen molar-refractivity contribution in [1.82, 2.24) is 5.32 Å². The molecule has 1 unspecified atom stereocenters. The van der Waals surface area contributed by atoms with Crippen molar-refractivity contribution in [2.24, 2.45) is 0 Å². The number of phenolic OH excluding ortho intramolecular Hbond substituents is 1. The van der Waals surface area contributed by atoms with Crippen molar-refractivity contribution in [2.45, 2.75) is 13.0 Å². The van der Waals surface area contributed by atoms with E-state index in [2.05, 4.69) is 10.1 Å². The standard InChI is InChI=1S/C12H17NO4/c1-8(13-7-12(15)17-3)9-4-5-10(14)11(6-9)16-2/h4-6,8,13-14H,7H2,1-3H3. The first-order valence-corrected chi connectivity index (χ1v) is 5.25. The van der Waals surface area contributed by atoms with Gasteiger partial charge in [-0.25, -0.2) is 0 Å². The fraction of sp³-hybridized carbons (Fsp3) is 0.417. The maximum absolute atomic E-state index is 11.0. The SMILES string of the molecule is COC(=O)CNC(C)c1ccc(O)c(OC)c1. The summed E-state index contributed by atoms with van der Waals surface area (Å²) >= 11 is 0. The molecule has 0 aliphatic heterocycles. The van der Waals surface area contributed by atoms with Crippen LogP contribution in [0.4, 0.5) is 0 Å². The molecule has 94 valence electrons. The highest BCUT2D eigenvalue weighted by atomic mass is 16.5. The van der Waals surface area contributed by atoms with Crippen LogP contribution in [-0.2, 0) is 9.53 Å². The number of phenols is 1. The Morgan fingerprint density at radius 1 is 1.47 bits per heavy atom. The molecule has 17 heavy (non-hydrogen) atoms. The van der Waals surface area contributed by atoms with E-state index in [1.54, 1.807) is 18.2 Å². The molecule has 0 amide bonds. The molecule has 0 aliphatic rings. The Morgan fingerprint density at radius 2 is 2.18 bits per heavy atom. The minimum atomic E-state index is -0.317. The second kappa shape index (κ2) is 6.10. The van der Waals surface area contributed by atoms with E-state index >= 15 is 0 Å². The quantitative estimate of drug-likeness (QED) is 0.756. The van der Waals surface area contributed by atoms with E-state index in [9.17, 15) is 9.90 Å². The van der Waals surface area contributed by atoms with Crippen molar-refractivity contribution in [3.05, 3.63) is 23.8 Å². The second-order valence-corrected chi connectivity index (χ2v) is 3.61. The van der Waals surface area contributed by atoms with Crippen LogP contribution < -0.4 is 10.1 Å². The van der Waals surface area contributed by atoms with Crippen LogP contribution in [-0.4, -0.2) is 31.8 Å². The van der Waals surface area contributed by atoms with Gasteiger partial charge in [-0.1, -0.05) is 6.07 Å². The third-order valence-corrected chi connectivity index (χ3v) is 2.48. The third-order valence-electron chi connectivity index (χ3n) is 2.48. The molecule has 0 radical (unpaired) electrons. The zero-order valence-corrected chi connectivity index (χ0v) is 10.2. The second-order valence-electron chi connectivity index (χ2n) is 3.61. The molecule has 0 saturated carbocycles. The van der Waals surface area contributed by atoms with E-state index in [-0.39, 0.29) is 24.3 Å². The Hall–Kier alpha value is -1.75. The first kappa shape index (κ1) is 13.3. The first-order chi connectivity index (χ1) is 8.08. The van der Waals surface area contributed by atoms with E-state index < -0.39 is 0 Å². The largest absolute Gasteiger partial charge is 0.504 e. The maximum Gasteiger partial charge on any atom is 0.319 e. The number of benzene rings is 1. The Kier molecular flexibility index (Phi) is 4.78. The maximum atomic E-state index is 11.0. The van der Waals surface area contributed by atoms with Crippen LogP contribution in [0.3, 0.4) is 0 Å². The molecule has 5 heteroatoms. The third kappa shape index (κ3) is 3.64. The highest BCUT2D eigenvalue weighted by Gasteiger charge is 2.10. The molecule has 5 nitrogen and oxygen atoms in total. The van der Waals surface area contributed by atoms with Crippen molar-refractivity contribution >= 4 is 5.97 Å².